The Morgan fingerprint density at radius 3 is 2.69 bits per heavy atom. The number of aromatic nitrogens is 2. The molecular weight excluding hydrogens is 324 g/mol. The van der Waals surface area contributed by atoms with E-state index in [9.17, 15) is 0 Å². The summed E-state index contributed by atoms with van der Waals surface area (Å²) in [6.07, 6.45) is 6.49. The van der Waals surface area contributed by atoms with Crippen molar-refractivity contribution in [2.24, 2.45) is 0 Å². The van der Waals surface area contributed by atoms with E-state index in [2.05, 4.69) is 47.2 Å². The van der Waals surface area contributed by atoms with Gasteiger partial charge in [0.05, 0.1) is 0 Å². The van der Waals surface area contributed by atoms with Gasteiger partial charge in [-0.2, -0.15) is 0 Å². The lowest BCUT2D eigenvalue weighted by Crippen LogP contribution is -2.27. The van der Waals surface area contributed by atoms with Crippen LogP contribution in [-0.4, -0.2) is 35.8 Å². The normalized spacial score (nSPS) is 21.2. The van der Waals surface area contributed by atoms with Gasteiger partial charge in [0, 0.05) is 32.0 Å². The van der Waals surface area contributed by atoms with Crippen LogP contribution in [-0.2, 0) is 4.74 Å². The molecule has 5 nitrogen and oxygen atoms in total. The summed E-state index contributed by atoms with van der Waals surface area (Å²) in [7, 11) is 0. The van der Waals surface area contributed by atoms with Crippen molar-refractivity contribution in [3.63, 3.8) is 0 Å². The minimum absolute atomic E-state index is 0.550. The molecule has 2 aromatic heterocycles. The highest BCUT2D eigenvalue weighted by molar-refractivity contribution is 5.58. The van der Waals surface area contributed by atoms with E-state index in [1.807, 2.05) is 12.3 Å². The number of hydrogen-bond acceptors (Lipinski definition) is 5. The van der Waals surface area contributed by atoms with E-state index in [1.165, 1.54) is 24.0 Å². The summed E-state index contributed by atoms with van der Waals surface area (Å²) < 4.78 is 5.56. The van der Waals surface area contributed by atoms with E-state index >= 15 is 0 Å². The SMILES string of the molecule is Cc1ccnc(Nc2cc(C3CCOCC3)cc(N3CCCC3C)n2)c1. The quantitative estimate of drug-likeness (QED) is 0.883. The smallest absolute Gasteiger partial charge is 0.134 e. The monoisotopic (exact) mass is 352 g/mol. The van der Waals surface area contributed by atoms with Crippen LogP contribution in [0.25, 0.3) is 0 Å². The molecule has 0 aliphatic carbocycles. The van der Waals surface area contributed by atoms with Gasteiger partial charge < -0.3 is 15.0 Å². The molecule has 0 bridgehead atoms. The molecule has 138 valence electrons. The van der Waals surface area contributed by atoms with Crippen molar-refractivity contribution in [2.75, 3.05) is 30.0 Å². The molecule has 0 aromatic carbocycles. The van der Waals surface area contributed by atoms with Crippen molar-refractivity contribution in [3.8, 4) is 0 Å². The van der Waals surface area contributed by atoms with Crippen LogP contribution in [0.1, 0.15) is 49.7 Å². The Morgan fingerprint density at radius 2 is 1.96 bits per heavy atom. The van der Waals surface area contributed by atoms with Gasteiger partial charge in [-0.1, -0.05) is 0 Å². The summed E-state index contributed by atoms with van der Waals surface area (Å²) in [5, 5.41) is 3.42. The molecule has 4 rings (SSSR count). The van der Waals surface area contributed by atoms with Crippen LogP contribution in [0.15, 0.2) is 30.5 Å². The van der Waals surface area contributed by atoms with Gasteiger partial charge in [-0.15, -0.1) is 0 Å². The zero-order valence-corrected chi connectivity index (χ0v) is 15.7. The first-order valence-corrected chi connectivity index (χ1v) is 9.75. The number of pyridine rings is 2. The molecule has 0 saturated carbocycles. The number of anilines is 3. The van der Waals surface area contributed by atoms with Crippen LogP contribution in [0.5, 0.6) is 0 Å². The molecule has 4 heterocycles. The summed E-state index contributed by atoms with van der Waals surface area (Å²) in [6.45, 7) is 7.17. The Kier molecular flexibility index (Phi) is 5.07. The van der Waals surface area contributed by atoms with Gasteiger partial charge in [-0.3, -0.25) is 0 Å². The lowest BCUT2D eigenvalue weighted by Gasteiger charge is -2.27. The van der Waals surface area contributed by atoms with E-state index in [4.69, 9.17) is 9.72 Å². The molecule has 2 aromatic rings. The maximum atomic E-state index is 5.56. The fourth-order valence-corrected chi connectivity index (χ4v) is 4.02. The molecule has 1 unspecified atom stereocenters. The van der Waals surface area contributed by atoms with E-state index in [-0.39, 0.29) is 0 Å². The minimum atomic E-state index is 0.550. The Morgan fingerprint density at radius 1 is 1.12 bits per heavy atom. The first-order chi connectivity index (χ1) is 12.7. The van der Waals surface area contributed by atoms with Gasteiger partial charge in [0.25, 0.3) is 0 Å². The molecule has 2 aliphatic rings. The third-order valence-corrected chi connectivity index (χ3v) is 5.55. The van der Waals surface area contributed by atoms with Crippen LogP contribution in [0, 0.1) is 6.92 Å². The Bertz CT molecular complexity index is 757. The highest BCUT2D eigenvalue weighted by Gasteiger charge is 2.24. The third kappa shape index (κ3) is 3.83. The molecule has 0 amide bonds. The number of nitrogens with zero attached hydrogens (tertiary/aromatic N) is 3. The summed E-state index contributed by atoms with van der Waals surface area (Å²) in [5.74, 6) is 3.38. The second kappa shape index (κ2) is 7.62. The zero-order chi connectivity index (χ0) is 17.9. The van der Waals surface area contributed by atoms with E-state index in [0.29, 0.717) is 12.0 Å². The van der Waals surface area contributed by atoms with Gasteiger partial charge in [-0.05, 0) is 80.8 Å². The first kappa shape index (κ1) is 17.3. The number of hydrogen-bond donors (Lipinski definition) is 1. The maximum Gasteiger partial charge on any atom is 0.134 e. The number of rotatable bonds is 4. The largest absolute Gasteiger partial charge is 0.381 e. The molecule has 0 spiro atoms. The molecule has 2 saturated heterocycles. The average Bonchev–Trinajstić information content (AvgIpc) is 3.08. The molecule has 2 aliphatic heterocycles. The molecule has 26 heavy (non-hydrogen) atoms. The van der Waals surface area contributed by atoms with E-state index in [0.717, 1.165) is 50.1 Å². The van der Waals surface area contributed by atoms with Crippen LogP contribution in [0.3, 0.4) is 0 Å². The highest BCUT2D eigenvalue weighted by atomic mass is 16.5. The zero-order valence-electron chi connectivity index (χ0n) is 15.7. The standard InChI is InChI=1S/C21H28N4O/c1-15-5-8-22-19(12-15)23-20-13-18(17-6-10-26-11-7-17)14-21(24-20)25-9-3-4-16(25)2/h5,8,12-14,16-17H,3-4,6-7,9-11H2,1-2H3,(H,22,23,24). The van der Waals surface area contributed by atoms with Gasteiger partial charge in [0.1, 0.15) is 17.5 Å². The minimum Gasteiger partial charge on any atom is -0.381 e. The van der Waals surface area contributed by atoms with Crippen molar-refractivity contribution in [3.05, 3.63) is 41.6 Å². The highest BCUT2D eigenvalue weighted by Crippen LogP contribution is 2.33. The number of nitrogens with one attached hydrogen (secondary N) is 1. The lowest BCUT2D eigenvalue weighted by atomic mass is 9.92. The second-order valence-corrected chi connectivity index (χ2v) is 7.56. The topological polar surface area (TPSA) is 50.3 Å². The third-order valence-electron chi connectivity index (χ3n) is 5.55. The number of aryl methyl sites for hydroxylation is 1. The molecular formula is C21H28N4O. The van der Waals surface area contributed by atoms with Gasteiger partial charge in [0.2, 0.25) is 0 Å². The Balaban J connectivity index is 1.67. The molecule has 0 radical (unpaired) electrons. The Hall–Kier alpha value is -2.14. The van der Waals surface area contributed by atoms with Crippen molar-refractivity contribution in [1.82, 2.24) is 9.97 Å². The van der Waals surface area contributed by atoms with Crippen LogP contribution < -0.4 is 10.2 Å². The van der Waals surface area contributed by atoms with Crippen LogP contribution in [0.4, 0.5) is 17.5 Å². The van der Waals surface area contributed by atoms with Crippen molar-refractivity contribution < 1.29 is 4.74 Å². The molecule has 5 heteroatoms. The van der Waals surface area contributed by atoms with Gasteiger partial charge >= 0.3 is 0 Å². The fourth-order valence-electron chi connectivity index (χ4n) is 4.02. The molecule has 1 N–H and O–H groups in total. The predicted molar refractivity (Wildman–Crippen MR) is 105 cm³/mol. The summed E-state index contributed by atoms with van der Waals surface area (Å²) in [4.78, 5) is 11.8. The lowest BCUT2D eigenvalue weighted by molar-refractivity contribution is 0.0853. The molecule has 2 fully saturated rings. The van der Waals surface area contributed by atoms with Crippen molar-refractivity contribution in [2.45, 2.75) is 51.5 Å². The maximum absolute atomic E-state index is 5.56. The van der Waals surface area contributed by atoms with E-state index in [1.54, 1.807) is 0 Å². The van der Waals surface area contributed by atoms with Gasteiger partial charge in [0.15, 0.2) is 0 Å². The average molecular weight is 352 g/mol. The Labute approximate surface area is 155 Å². The predicted octanol–water partition coefficient (Wildman–Crippen LogP) is 4.41. The van der Waals surface area contributed by atoms with Crippen molar-refractivity contribution in [1.29, 1.82) is 0 Å². The van der Waals surface area contributed by atoms with Crippen molar-refractivity contribution >= 4 is 17.5 Å². The van der Waals surface area contributed by atoms with E-state index < -0.39 is 0 Å². The number of ether oxygens (including phenoxy) is 1. The summed E-state index contributed by atoms with van der Waals surface area (Å²) in [5.41, 5.74) is 2.56. The summed E-state index contributed by atoms with van der Waals surface area (Å²) >= 11 is 0. The summed E-state index contributed by atoms with van der Waals surface area (Å²) in [6, 6.07) is 9.11. The fraction of sp³-hybridized carbons (Fsp3) is 0.524. The van der Waals surface area contributed by atoms with Crippen LogP contribution >= 0.6 is 0 Å². The van der Waals surface area contributed by atoms with Crippen LogP contribution in [0.2, 0.25) is 0 Å². The molecule has 1 atom stereocenters. The van der Waals surface area contributed by atoms with Gasteiger partial charge in [-0.25, -0.2) is 9.97 Å². The second-order valence-electron chi connectivity index (χ2n) is 7.56. The first-order valence-electron chi connectivity index (χ1n) is 9.75.